The summed E-state index contributed by atoms with van der Waals surface area (Å²) < 4.78 is 19.3. The molecule has 102 valence electrons. The largest absolute Gasteiger partial charge is 0.386 e. The molecule has 18 heavy (non-hydrogen) atoms. The fourth-order valence-electron chi connectivity index (χ4n) is 1.92. The summed E-state index contributed by atoms with van der Waals surface area (Å²) in [5.41, 5.74) is -1.91. The van der Waals surface area contributed by atoms with E-state index in [0.717, 1.165) is 0 Å². The summed E-state index contributed by atoms with van der Waals surface area (Å²) in [6, 6.07) is 4.64. The molecule has 0 saturated heterocycles. The number of nitrogens with two attached hydrogens (primary N) is 1. The molecule has 0 fully saturated rings. The van der Waals surface area contributed by atoms with Gasteiger partial charge in [-0.05, 0) is 39.3 Å². The molecule has 1 aromatic rings. The zero-order chi connectivity index (χ0) is 14.4. The van der Waals surface area contributed by atoms with E-state index in [4.69, 9.17) is 9.92 Å². The van der Waals surface area contributed by atoms with Crippen molar-refractivity contribution < 1.29 is 14.4 Å². The van der Waals surface area contributed by atoms with Crippen LogP contribution >= 0.6 is 0 Å². The molecule has 6 heteroatoms. The van der Waals surface area contributed by atoms with Gasteiger partial charge in [-0.2, -0.15) is 0 Å². The fourth-order valence-corrected chi connectivity index (χ4v) is 2.87. The Labute approximate surface area is 108 Å². The lowest BCUT2D eigenvalue weighted by molar-refractivity contribution is 0.0501. The van der Waals surface area contributed by atoms with Crippen LogP contribution in [0.25, 0.3) is 0 Å². The predicted octanol–water partition coefficient (Wildman–Crippen LogP) is 1.42. The van der Waals surface area contributed by atoms with Gasteiger partial charge in [0.1, 0.15) is 9.92 Å². The van der Waals surface area contributed by atoms with Gasteiger partial charge in [-0.25, -0.2) is 14.1 Å². The smallest absolute Gasteiger partial charge is 0.132 e. The predicted molar refractivity (Wildman–Crippen MR) is 70.2 cm³/mol. The van der Waals surface area contributed by atoms with Crippen molar-refractivity contribution in [1.82, 2.24) is 0 Å². The van der Waals surface area contributed by atoms with Crippen LogP contribution in [-0.4, -0.2) is 14.4 Å². The summed E-state index contributed by atoms with van der Waals surface area (Å²) in [6.45, 7) is 6.13. The molecule has 1 aromatic carbocycles. The Hall–Kier alpha value is -0.950. The first kappa shape index (κ1) is 15.1. The lowest BCUT2D eigenvalue weighted by atomic mass is 9.85. The number of nitrogens with one attached hydrogen (secondary N) is 1. The van der Waals surface area contributed by atoms with Gasteiger partial charge in [0.05, 0.1) is 16.1 Å². The number of hydrogen-bond acceptors (Lipinski definition) is 4. The van der Waals surface area contributed by atoms with Gasteiger partial charge >= 0.3 is 0 Å². The third-order valence-electron chi connectivity index (χ3n) is 2.62. The molecule has 1 rings (SSSR count). The molecule has 0 aliphatic carbocycles. The zero-order valence-electron chi connectivity index (χ0n) is 11.0. The minimum atomic E-state index is -3.47. The number of benzene rings is 1. The van der Waals surface area contributed by atoms with Gasteiger partial charge < -0.3 is 10.2 Å². The van der Waals surface area contributed by atoms with Crippen molar-refractivity contribution in [2.45, 2.75) is 43.8 Å². The zero-order valence-corrected chi connectivity index (χ0v) is 11.8. The minimum Gasteiger partial charge on any atom is -0.386 e. The summed E-state index contributed by atoms with van der Waals surface area (Å²) in [4.78, 5) is 0.0506. The van der Waals surface area contributed by atoms with Crippen LogP contribution in [0.3, 0.4) is 0 Å². The average Bonchev–Trinajstić information content (AvgIpc) is 2.12. The maximum Gasteiger partial charge on any atom is 0.132 e. The van der Waals surface area contributed by atoms with Gasteiger partial charge in [0.2, 0.25) is 0 Å². The summed E-state index contributed by atoms with van der Waals surface area (Å²) in [5, 5.41) is 25.7. The molecule has 0 aliphatic heterocycles. The van der Waals surface area contributed by atoms with Crippen molar-refractivity contribution in [2.75, 3.05) is 0 Å². The van der Waals surface area contributed by atoms with E-state index >= 15 is 0 Å². The van der Waals surface area contributed by atoms with Gasteiger partial charge in [0.15, 0.2) is 0 Å². The highest BCUT2D eigenvalue weighted by atomic mass is 32.2. The minimum absolute atomic E-state index is 0.0506. The van der Waals surface area contributed by atoms with Crippen molar-refractivity contribution in [1.29, 1.82) is 4.78 Å². The van der Waals surface area contributed by atoms with Gasteiger partial charge in [-0.15, -0.1) is 0 Å². The first-order chi connectivity index (χ1) is 7.85. The average molecular weight is 272 g/mol. The molecule has 0 radical (unpaired) electrons. The first-order valence-electron chi connectivity index (χ1n) is 5.50. The normalized spacial score (nSPS) is 16.4. The van der Waals surface area contributed by atoms with Crippen molar-refractivity contribution in [2.24, 2.45) is 5.14 Å². The van der Waals surface area contributed by atoms with Crippen molar-refractivity contribution in [3.8, 4) is 0 Å². The van der Waals surface area contributed by atoms with Crippen LogP contribution in [0.15, 0.2) is 23.1 Å². The highest BCUT2D eigenvalue weighted by Gasteiger charge is 2.32. The highest BCUT2D eigenvalue weighted by Crippen LogP contribution is 2.35. The van der Waals surface area contributed by atoms with Crippen LogP contribution in [0.4, 0.5) is 0 Å². The SMILES string of the molecule is CC(C)(O)c1cccc(S(=N)(N)=O)c1C(C)(C)O. The molecule has 0 aliphatic rings. The quantitative estimate of drug-likeness (QED) is 0.668. The van der Waals surface area contributed by atoms with E-state index in [-0.39, 0.29) is 10.5 Å². The molecule has 0 heterocycles. The van der Waals surface area contributed by atoms with E-state index in [1.807, 2.05) is 0 Å². The summed E-state index contributed by atoms with van der Waals surface area (Å²) in [7, 11) is -3.47. The molecule has 0 saturated carbocycles. The summed E-state index contributed by atoms with van der Waals surface area (Å²) in [6.07, 6.45) is 0. The number of hydrogen-bond donors (Lipinski definition) is 4. The van der Waals surface area contributed by atoms with Gasteiger partial charge in [-0.1, -0.05) is 12.1 Å². The van der Waals surface area contributed by atoms with Crippen LogP contribution in [0.1, 0.15) is 38.8 Å². The lowest BCUT2D eigenvalue weighted by Gasteiger charge is -2.30. The topological polar surface area (TPSA) is 107 Å². The van der Waals surface area contributed by atoms with Crippen molar-refractivity contribution >= 4 is 9.92 Å². The second-order valence-corrected chi connectivity index (χ2v) is 7.04. The van der Waals surface area contributed by atoms with Crippen molar-refractivity contribution in [3.05, 3.63) is 29.3 Å². The molecule has 1 atom stereocenters. The Morgan fingerprint density at radius 2 is 1.67 bits per heavy atom. The maximum absolute atomic E-state index is 11.8. The van der Waals surface area contributed by atoms with E-state index in [2.05, 4.69) is 0 Å². The van der Waals surface area contributed by atoms with E-state index in [0.29, 0.717) is 5.56 Å². The molecular weight excluding hydrogens is 252 g/mol. The second-order valence-electron chi connectivity index (χ2n) is 5.40. The van der Waals surface area contributed by atoms with Crippen molar-refractivity contribution in [3.63, 3.8) is 0 Å². The Morgan fingerprint density at radius 1 is 1.17 bits per heavy atom. The van der Waals surface area contributed by atoms with E-state index in [1.54, 1.807) is 26.0 Å². The van der Waals surface area contributed by atoms with E-state index in [1.165, 1.54) is 19.9 Å². The molecule has 5 N–H and O–H groups in total. The monoisotopic (exact) mass is 272 g/mol. The van der Waals surface area contributed by atoms with Gasteiger partial charge in [0, 0.05) is 5.56 Å². The van der Waals surface area contributed by atoms with E-state index < -0.39 is 21.1 Å². The Balaban J connectivity index is 3.79. The van der Waals surface area contributed by atoms with Crippen LogP contribution in [0.2, 0.25) is 0 Å². The highest BCUT2D eigenvalue weighted by molar-refractivity contribution is 7.90. The third-order valence-corrected chi connectivity index (χ3v) is 3.62. The molecular formula is C12H20N2O3S. The van der Waals surface area contributed by atoms with Gasteiger partial charge in [0.25, 0.3) is 0 Å². The first-order valence-corrected chi connectivity index (χ1v) is 7.12. The van der Waals surface area contributed by atoms with E-state index in [9.17, 15) is 14.4 Å². The molecule has 5 nitrogen and oxygen atoms in total. The Bertz CT molecular complexity index is 552. The Kier molecular flexibility index (Phi) is 3.62. The number of aliphatic hydroxyl groups is 2. The van der Waals surface area contributed by atoms with Crippen LogP contribution in [0.5, 0.6) is 0 Å². The Morgan fingerprint density at radius 3 is 2.00 bits per heavy atom. The molecule has 0 amide bonds. The molecule has 0 aromatic heterocycles. The maximum atomic E-state index is 11.8. The van der Waals surface area contributed by atoms with Crippen LogP contribution in [0, 0.1) is 4.78 Å². The molecule has 1 unspecified atom stereocenters. The van der Waals surface area contributed by atoms with Crippen LogP contribution in [-0.2, 0) is 21.1 Å². The van der Waals surface area contributed by atoms with Crippen LogP contribution < -0.4 is 5.14 Å². The summed E-state index contributed by atoms with van der Waals surface area (Å²) >= 11 is 0. The molecule has 0 spiro atoms. The standard InChI is InChI=1S/C12H20N2O3S/c1-11(2,15)8-6-5-7-9(18(13,14)17)10(8)12(3,4)16/h5-7,15-16H,1-4H3,(H3,13,14,17). The fraction of sp³-hybridized carbons (Fsp3) is 0.500. The molecule has 0 bridgehead atoms. The summed E-state index contributed by atoms with van der Waals surface area (Å²) in [5.74, 6) is 0. The third kappa shape index (κ3) is 3.08. The lowest BCUT2D eigenvalue weighted by Crippen LogP contribution is -2.29. The second kappa shape index (κ2) is 4.31. The van der Waals surface area contributed by atoms with Gasteiger partial charge in [-0.3, -0.25) is 0 Å². The number of rotatable bonds is 3.